The number of nitrogens with one attached hydrogen (secondary N) is 1. The summed E-state index contributed by atoms with van der Waals surface area (Å²) >= 11 is 0. The third kappa shape index (κ3) is 3.24. The number of nitrogens with zero attached hydrogens (tertiary/aromatic N) is 1. The highest BCUT2D eigenvalue weighted by molar-refractivity contribution is 5.97. The molecule has 0 spiro atoms. The first kappa shape index (κ1) is 16.3. The first-order valence-electron chi connectivity index (χ1n) is 8.36. The molecule has 120 valence electrons. The van der Waals surface area contributed by atoms with Crippen LogP contribution in [0, 0.1) is 17.3 Å². The van der Waals surface area contributed by atoms with Crippen LogP contribution in [0.25, 0.3) is 0 Å². The lowest BCUT2D eigenvalue weighted by molar-refractivity contribution is -0.153. The van der Waals surface area contributed by atoms with Crippen molar-refractivity contribution in [1.29, 1.82) is 0 Å². The molecule has 1 aliphatic carbocycles. The van der Waals surface area contributed by atoms with Gasteiger partial charge in [0.1, 0.15) is 12.1 Å². The third-order valence-electron chi connectivity index (χ3n) is 5.22. The van der Waals surface area contributed by atoms with Gasteiger partial charge in [0, 0.05) is 6.54 Å². The van der Waals surface area contributed by atoms with Crippen LogP contribution >= 0.6 is 0 Å². The summed E-state index contributed by atoms with van der Waals surface area (Å²) in [4.78, 5) is 27.2. The Labute approximate surface area is 128 Å². The molecular formula is C17H30N2O2. The van der Waals surface area contributed by atoms with Gasteiger partial charge in [-0.2, -0.15) is 0 Å². The van der Waals surface area contributed by atoms with Crippen LogP contribution < -0.4 is 5.32 Å². The molecule has 4 nitrogen and oxygen atoms in total. The molecule has 0 aromatic carbocycles. The summed E-state index contributed by atoms with van der Waals surface area (Å²) in [6.07, 6.45) is 4.37. The van der Waals surface area contributed by atoms with E-state index in [1.807, 2.05) is 32.6 Å². The fraction of sp³-hybridized carbons (Fsp3) is 0.882. The van der Waals surface area contributed by atoms with Crippen molar-refractivity contribution in [2.45, 2.75) is 72.4 Å². The van der Waals surface area contributed by atoms with Crippen molar-refractivity contribution in [3.05, 3.63) is 0 Å². The van der Waals surface area contributed by atoms with E-state index in [9.17, 15) is 9.59 Å². The Morgan fingerprint density at radius 2 is 1.90 bits per heavy atom. The molecule has 0 aromatic rings. The average Bonchev–Trinajstić information content (AvgIpc) is 2.78. The second kappa shape index (κ2) is 5.98. The van der Waals surface area contributed by atoms with Gasteiger partial charge in [0.25, 0.3) is 0 Å². The van der Waals surface area contributed by atoms with Gasteiger partial charge >= 0.3 is 0 Å². The molecule has 2 amide bonds. The Morgan fingerprint density at radius 3 is 2.38 bits per heavy atom. The Hall–Kier alpha value is -1.06. The van der Waals surface area contributed by atoms with E-state index in [1.54, 1.807) is 0 Å². The molecule has 1 saturated heterocycles. The number of carbonyl (C=O) groups excluding carboxylic acids is 2. The average molecular weight is 294 g/mol. The van der Waals surface area contributed by atoms with Crippen molar-refractivity contribution in [3.8, 4) is 0 Å². The minimum Gasteiger partial charge on any atom is -0.342 e. The van der Waals surface area contributed by atoms with Crippen LogP contribution in [0.15, 0.2) is 0 Å². The molecule has 4 heteroatoms. The van der Waals surface area contributed by atoms with E-state index < -0.39 is 6.04 Å². The van der Waals surface area contributed by atoms with Crippen LogP contribution in [0.2, 0.25) is 0 Å². The predicted molar refractivity (Wildman–Crippen MR) is 83.7 cm³/mol. The van der Waals surface area contributed by atoms with Gasteiger partial charge in [0.2, 0.25) is 11.8 Å². The highest BCUT2D eigenvalue weighted by atomic mass is 16.2. The normalized spacial score (nSPS) is 34.2. The van der Waals surface area contributed by atoms with Crippen molar-refractivity contribution < 1.29 is 9.59 Å². The molecule has 4 atom stereocenters. The molecular weight excluding hydrogens is 264 g/mol. The van der Waals surface area contributed by atoms with E-state index in [4.69, 9.17) is 0 Å². The fourth-order valence-corrected chi connectivity index (χ4v) is 3.72. The minimum absolute atomic E-state index is 0.0164. The van der Waals surface area contributed by atoms with Gasteiger partial charge in [0.05, 0.1) is 0 Å². The monoisotopic (exact) mass is 294 g/mol. The van der Waals surface area contributed by atoms with Gasteiger partial charge in [-0.3, -0.25) is 9.59 Å². The maximum absolute atomic E-state index is 12.9. The van der Waals surface area contributed by atoms with E-state index in [2.05, 4.69) is 12.2 Å². The molecule has 4 unspecified atom stereocenters. The lowest BCUT2D eigenvalue weighted by Gasteiger charge is -2.44. The topological polar surface area (TPSA) is 49.4 Å². The zero-order valence-electron chi connectivity index (χ0n) is 14.1. The Bertz CT molecular complexity index is 414. The second-order valence-corrected chi connectivity index (χ2v) is 7.89. The van der Waals surface area contributed by atoms with Crippen LogP contribution in [0.1, 0.15) is 60.3 Å². The van der Waals surface area contributed by atoms with Crippen LogP contribution in [0.5, 0.6) is 0 Å². The van der Waals surface area contributed by atoms with Crippen molar-refractivity contribution in [3.63, 3.8) is 0 Å². The summed E-state index contributed by atoms with van der Waals surface area (Å²) in [7, 11) is 0. The van der Waals surface area contributed by atoms with E-state index in [1.165, 1.54) is 19.3 Å². The molecule has 0 radical (unpaired) electrons. The maximum Gasteiger partial charge on any atom is 0.246 e. The van der Waals surface area contributed by atoms with Crippen molar-refractivity contribution in [1.82, 2.24) is 10.2 Å². The Morgan fingerprint density at radius 1 is 1.24 bits per heavy atom. The Balaban J connectivity index is 2.20. The molecule has 0 bridgehead atoms. The molecule has 1 heterocycles. The molecule has 2 rings (SSSR count). The van der Waals surface area contributed by atoms with E-state index >= 15 is 0 Å². The highest BCUT2D eigenvalue weighted by Crippen LogP contribution is 2.34. The van der Waals surface area contributed by atoms with E-state index in [0.29, 0.717) is 18.3 Å². The Kier molecular flexibility index (Phi) is 4.64. The SMILES string of the molecule is CCC1C(=O)NC(C(C)(C)C)C(=O)N1CC1CCCC1C. The zero-order valence-corrected chi connectivity index (χ0v) is 14.1. The van der Waals surface area contributed by atoms with Crippen LogP contribution in [-0.2, 0) is 9.59 Å². The van der Waals surface area contributed by atoms with Gasteiger partial charge in [-0.1, -0.05) is 47.5 Å². The summed E-state index contributed by atoms with van der Waals surface area (Å²) in [6, 6.07) is -0.687. The fourth-order valence-electron chi connectivity index (χ4n) is 3.72. The first-order chi connectivity index (χ1) is 9.75. The molecule has 2 aliphatic rings. The summed E-state index contributed by atoms with van der Waals surface area (Å²) < 4.78 is 0. The molecule has 1 saturated carbocycles. The maximum atomic E-state index is 12.9. The van der Waals surface area contributed by atoms with E-state index in [0.717, 1.165) is 6.54 Å². The number of hydrogen-bond donors (Lipinski definition) is 1. The quantitative estimate of drug-likeness (QED) is 0.869. The van der Waals surface area contributed by atoms with Crippen LogP contribution in [0.4, 0.5) is 0 Å². The molecule has 0 aromatic heterocycles. The summed E-state index contributed by atoms with van der Waals surface area (Å²) in [5.74, 6) is 1.33. The van der Waals surface area contributed by atoms with Crippen molar-refractivity contribution >= 4 is 11.8 Å². The molecule has 2 fully saturated rings. The summed E-state index contributed by atoms with van der Waals surface area (Å²) in [5, 5.41) is 2.94. The first-order valence-corrected chi connectivity index (χ1v) is 8.36. The summed E-state index contributed by atoms with van der Waals surface area (Å²) in [6.45, 7) is 11.0. The lowest BCUT2D eigenvalue weighted by atomic mass is 9.83. The largest absolute Gasteiger partial charge is 0.342 e. The number of carbonyl (C=O) groups is 2. The highest BCUT2D eigenvalue weighted by Gasteiger charge is 2.45. The number of rotatable bonds is 3. The van der Waals surface area contributed by atoms with Crippen molar-refractivity contribution in [2.24, 2.45) is 17.3 Å². The van der Waals surface area contributed by atoms with Crippen molar-refractivity contribution in [2.75, 3.05) is 6.54 Å². The zero-order chi connectivity index (χ0) is 15.8. The molecule has 1 aliphatic heterocycles. The van der Waals surface area contributed by atoms with E-state index in [-0.39, 0.29) is 23.3 Å². The molecule has 21 heavy (non-hydrogen) atoms. The van der Waals surface area contributed by atoms with Gasteiger partial charge in [-0.25, -0.2) is 0 Å². The molecule has 1 N–H and O–H groups in total. The third-order valence-corrected chi connectivity index (χ3v) is 5.22. The second-order valence-electron chi connectivity index (χ2n) is 7.89. The van der Waals surface area contributed by atoms with Gasteiger partial charge < -0.3 is 10.2 Å². The standard InChI is InChI=1S/C17H30N2O2/c1-6-13-15(20)18-14(17(3,4)5)16(21)19(13)10-12-9-7-8-11(12)2/h11-14H,6-10H2,1-5H3,(H,18,20). The number of hydrogen-bond acceptors (Lipinski definition) is 2. The van der Waals surface area contributed by atoms with Crippen LogP contribution in [0.3, 0.4) is 0 Å². The van der Waals surface area contributed by atoms with Gasteiger partial charge in [0.15, 0.2) is 0 Å². The minimum atomic E-state index is -0.399. The summed E-state index contributed by atoms with van der Waals surface area (Å²) in [5.41, 5.74) is -0.245. The van der Waals surface area contributed by atoms with Gasteiger partial charge in [-0.05, 0) is 30.1 Å². The number of amides is 2. The predicted octanol–water partition coefficient (Wildman–Crippen LogP) is 2.57. The van der Waals surface area contributed by atoms with Gasteiger partial charge in [-0.15, -0.1) is 0 Å². The lowest BCUT2D eigenvalue weighted by Crippen LogP contribution is -2.67. The smallest absolute Gasteiger partial charge is 0.246 e. The van der Waals surface area contributed by atoms with Crippen LogP contribution in [-0.4, -0.2) is 35.3 Å². The number of piperazine rings is 1.